The van der Waals surface area contributed by atoms with Crippen LogP contribution in [0.4, 0.5) is 4.39 Å². The number of nitrogens with one attached hydrogen (secondary N) is 2. The van der Waals surface area contributed by atoms with Gasteiger partial charge in [-0.15, -0.1) is 12.4 Å². The quantitative estimate of drug-likeness (QED) is 0.842. The molecule has 0 unspecified atom stereocenters. The minimum Gasteiger partial charge on any atom is -0.490 e. The third kappa shape index (κ3) is 5.81. The van der Waals surface area contributed by atoms with E-state index in [9.17, 15) is 9.18 Å². The van der Waals surface area contributed by atoms with Gasteiger partial charge in [-0.2, -0.15) is 0 Å². The van der Waals surface area contributed by atoms with Gasteiger partial charge in [-0.3, -0.25) is 4.79 Å². The molecule has 1 amide bonds. The number of ether oxygens (including phenoxy) is 1. The van der Waals surface area contributed by atoms with Crippen molar-refractivity contribution >= 4 is 18.3 Å². The van der Waals surface area contributed by atoms with Crippen LogP contribution in [-0.2, 0) is 4.79 Å². The van der Waals surface area contributed by atoms with Crippen LogP contribution in [0.5, 0.6) is 5.75 Å². The van der Waals surface area contributed by atoms with Gasteiger partial charge >= 0.3 is 0 Å². The number of halogens is 2. The third-order valence-electron chi connectivity index (χ3n) is 3.95. The van der Waals surface area contributed by atoms with Crippen molar-refractivity contribution in [2.75, 3.05) is 26.2 Å². The first-order chi connectivity index (χ1) is 10.1. The summed E-state index contributed by atoms with van der Waals surface area (Å²) in [5.41, 5.74) is 0.174. The number of piperidine rings is 1. The standard InChI is InChI=1S/C16H23FN2O2.ClH/c1-16(7-9-18-10-8-16)12-19-15(20)6-11-21-14-5-3-2-4-13(14)17;/h2-5,18H,6-12H2,1H3,(H,19,20);1H. The predicted molar refractivity (Wildman–Crippen MR) is 87.0 cm³/mol. The van der Waals surface area contributed by atoms with Crippen LogP contribution in [0.3, 0.4) is 0 Å². The van der Waals surface area contributed by atoms with E-state index >= 15 is 0 Å². The highest BCUT2D eigenvalue weighted by atomic mass is 35.5. The lowest BCUT2D eigenvalue weighted by Crippen LogP contribution is -2.43. The lowest BCUT2D eigenvalue weighted by molar-refractivity contribution is -0.122. The molecule has 1 aliphatic heterocycles. The van der Waals surface area contributed by atoms with Crippen LogP contribution in [0.15, 0.2) is 24.3 Å². The second-order valence-corrected chi connectivity index (χ2v) is 5.87. The maximum Gasteiger partial charge on any atom is 0.223 e. The molecule has 1 fully saturated rings. The van der Waals surface area contributed by atoms with Gasteiger partial charge in [0.25, 0.3) is 0 Å². The molecule has 1 aliphatic rings. The van der Waals surface area contributed by atoms with Crippen LogP contribution in [0.2, 0.25) is 0 Å². The maximum atomic E-state index is 13.3. The van der Waals surface area contributed by atoms with Crippen molar-refractivity contribution in [3.63, 3.8) is 0 Å². The summed E-state index contributed by atoms with van der Waals surface area (Å²) in [5.74, 6) is -0.262. The molecule has 1 heterocycles. The normalized spacial score (nSPS) is 16.5. The Morgan fingerprint density at radius 2 is 2.05 bits per heavy atom. The number of hydrogen-bond donors (Lipinski definition) is 2. The molecule has 1 aromatic carbocycles. The van der Waals surface area contributed by atoms with Crippen molar-refractivity contribution < 1.29 is 13.9 Å². The highest BCUT2D eigenvalue weighted by Crippen LogP contribution is 2.26. The topological polar surface area (TPSA) is 50.4 Å². The number of carbonyl (C=O) groups excluding carboxylic acids is 1. The minimum absolute atomic E-state index is 0. The molecule has 6 heteroatoms. The Labute approximate surface area is 137 Å². The molecule has 1 aromatic rings. The zero-order valence-electron chi connectivity index (χ0n) is 12.9. The SMILES string of the molecule is CC1(CNC(=O)CCOc2ccccc2F)CCNCC1.Cl. The monoisotopic (exact) mass is 330 g/mol. The van der Waals surface area contributed by atoms with Gasteiger partial charge in [0.2, 0.25) is 5.91 Å². The van der Waals surface area contributed by atoms with Crippen LogP contribution >= 0.6 is 12.4 Å². The average molecular weight is 331 g/mol. The van der Waals surface area contributed by atoms with Crippen molar-refractivity contribution in [2.24, 2.45) is 5.41 Å². The Hall–Kier alpha value is -1.33. The molecule has 0 atom stereocenters. The number of amides is 1. The summed E-state index contributed by atoms with van der Waals surface area (Å²) in [5, 5.41) is 6.27. The molecular weight excluding hydrogens is 307 g/mol. The Morgan fingerprint density at radius 3 is 2.73 bits per heavy atom. The average Bonchev–Trinajstić information content (AvgIpc) is 2.48. The smallest absolute Gasteiger partial charge is 0.223 e. The molecule has 124 valence electrons. The lowest BCUT2D eigenvalue weighted by Gasteiger charge is -2.34. The Morgan fingerprint density at radius 1 is 1.36 bits per heavy atom. The van der Waals surface area contributed by atoms with E-state index in [0.29, 0.717) is 6.54 Å². The fraction of sp³-hybridized carbons (Fsp3) is 0.562. The van der Waals surface area contributed by atoms with E-state index in [4.69, 9.17) is 4.74 Å². The zero-order chi connectivity index (χ0) is 15.1. The second-order valence-electron chi connectivity index (χ2n) is 5.87. The second kappa shape index (κ2) is 8.96. The number of para-hydroxylation sites is 1. The summed E-state index contributed by atoms with van der Waals surface area (Å²) in [7, 11) is 0. The summed E-state index contributed by atoms with van der Waals surface area (Å²) >= 11 is 0. The molecular formula is C16H24ClFN2O2. The molecule has 0 radical (unpaired) electrons. The van der Waals surface area contributed by atoms with E-state index in [1.54, 1.807) is 18.2 Å². The first kappa shape index (κ1) is 18.7. The zero-order valence-corrected chi connectivity index (χ0v) is 13.7. The molecule has 22 heavy (non-hydrogen) atoms. The van der Waals surface area contributed by atoms with E-state index in [-0.39, 0.29) is 42.5 Å². The Bertz CT molecular complexity index is 479. The lowest BCUT2D eigenvalue weighted by atomic mass is 9.81. The van der Waals surface area contributed by atoms with Crippen molar-refractivity contribution in [2.45, 2.75) is 26.2 Å². The first-order valence-corrected chi connectivity index (χ1v) is 7.44. The Balaban J connectivity index is 0.00000242. The molecule has 0 aliphatic carbocycles. The molecule has 2 N–H and O–H groups in total. The van der Waals surface area contributed by atoms with Crippen LogP contribution < -0.4 is 15.4 Å². The molecule has 2 rings (SSSR count). The van der Waals surface area contributed by atoms with Gasteiger partial charge in [-0.05, 0) is 43.5 Å². The van der Waals surface area contributed by atoms with E-state index in [0.717, 1.165) is 25.9 Å². The maximum absolute atomic E-state index is 13.3. The predicted octanol–water partition coefficient (Wildman–Crippen LogP) is 2.52. The van der Waals surface area contributed by atoms with Gasteiger partial charge in [0.05, 0.1) is 13.0 Å². The van der Waals surface area contributed by atoms with Crippen molar-refractivity contribution in [1.29, 1.82) is 0 Å². The van der Waals surface area contributed by atoms with Gasteiger partial charge in [0, 0.05) is 6.54 Å². The number of benzene rings is 1. The molecule has 0 bridgehead atoms. The van der Waals surface area contributed by atoms with E-state index in [1.165, 1.54) is 6.07 Å². The molecule has 0 saturated carbocycles. The van der Waals surface area contributed by atoms with E-state index in [2.05, 4.69) is 17.6 Å². The molecule has 0 spiro atoms. The number of hydrogen-bond acceptors (Lipinski definition) is 3. The summed E-state index contributed by atoms with van der Waals surface area (Å²) in [6, 6.07) is 6.21. The van der Waals surface area contributed by atoms with Crippen molar-refractivity contribution in [1.82, 2.24) is 10.6 Å². The third-order valence-corrected chi connectivity index (χ3v) is 3.95. The number of rotatable bonds is 6. The van der Waals surface area contributed by atoms with E-state index in [1.807, 2.05) is 0 Å². The largest absolute Gasteiger partial charge is 0.490 e. The first-order valence-electron chi connectivity index (χ1n) is 7.44. The highest BCUT2D eigenvalue weighted by Gasteiger charge is 2.26. The van der Waals surface area contributed by atoms with Crippen LogP contribution in [0.25, 0.3) is 0 Å². The highest BCUT2D eigenvalue weighted by molar-refractivity contribution is 5.85. The summed E-state index contributed by atoms with van der Waals surface area (Å²) in [4.78, 5) is 11.8. The van der Waals surface area contributed by atoms with Crippen molar-refractivity contribution in [3.8, 4) is 5.75 Å². The summed E-state index contributed by atoms with van der Waals surface area (Å²) < 4.78 is 18.6. The minimum atomic E-state index is -0.403. The summed E-state index contributed by atoms with van der Waals surface area (Å²) in [6.45, 7) is 5.08. The molecule has 1 saturated heterocycles. The van der Waals surface area contributed by atoms with Gasteiger partial charge in [0.1, 0.15) is 0 Å². The fourth-order valence-corrected chi connectivity index (χ4v) is 2.42. The van der Waals surface area contributed by atoms with E-state index < -0.39 is 5.82 Å². The summed E-state index contributed by atoms with van der Waals surface area (Å²) in [6.07, 6.45) is 2.38. The fourth-order valence-electron chi connectivity index (χ4n) is 2.42. The van der Waals surface area contributed by atoms with Crippen LogP contribution in [0, 0.1) is 11.2 Å². The van der Waals surface area contributed by atoms with Gasteiger partial charge < -0.3 is 15.4 Å². The van der Waals surface area contributed by atoms with Crippen molar-refractivity contribution in [3.05, 3.63) is 30.1 Å². The molecule has 0 aromatic heterocycles. The number of carbonyl (C=O) groups is 1. The molecule has 4 nitrogen and oxygen atoms in total. The van der Waals surface area contributed by atoms with Gasteiger partial charge in [0.15, 0.2) is 11.6 Å². The Kier molecular flexibility index (Phi) is 7.62. The van der Waals surface area contributed by atoms with Crippen LogP contribution in [0.1, 0.15) is 26.2 Å². The van der Waals surface area contributed by atoms with Gasteiger partial charge in [-0.1, -0.05) is 19.1 Å². The van der Waals surface area contributed by atoms with Crippen LogP contribution in [-0.4, -0.2) is 32.1 Å². The van der Waals surface area contributed by atoms with Gasteiger partial charge in [-0.25, -0.2) is 4.39 Å².